The molecule has 2 aromatic carbocycles. The van der Waals surface area contributed by atoms with Gasteiger partial charge in [0.1, 0.15) is 22.9 Å². The Morgan fingerprint density at radius 3 is 2.68 bits per heavy atom. The van der Waals surface area contributed by atoms with Crippen molar-refractivity contribution >= 4 is 22.6 Å². The third-order valence-corrected chi connectivity index (χ3v) is 4.81. The van der Waals surface area contributed by atoms with Crippen LogP contribution in [0.3, 0.4) is 0 Å². The largest absolute Gasteiger partial charge is 0.494 e. The summed E-state index contributed by atoms with van der Waals surface area (Å²) in [6.07, 6.45) is 1.37. The standard InChI is InChI=1S/C23H16N6O2/c1-14-9-20(27-21-18(14)7-4-8-19(21)31-2)29-22(17(12-25)13-26-29)28-23(30)16-6-3-5-15(10-16)11-24/h3-10,13H,1-2H3,(H,28,30). The molecule has 0 aliphatic carbocycles. The first-order valence-electron chi connectivity index (χ1n) is 9.30. The Labute approximate surface area is 177 Å². The third kappa shape index (κ3) is 3.54. The molecule has 0 saturated carbocycles. The van der Waals surface area contributed by atoms with Gasteiger partial charge in [-0.05, 0) is 42.8 Å². The number of benzene rings is 2. The minimum Gasteiger partial charge on any atom is -0.494 e. The highest BCUT2D eigenvalue weighted by molar-refractivity contribution is 6.04. The minimum atomic E-state index is -0.467. The van der Waals surface area contributed by atoms with Crippen molar-refractivity contribution in [2.45, 2.75) is 6.92 Å². The third-order valence-electron chi connectivity index (χ3n) is 4.81. The molecule has 0 atom stereocenters. The highest BCUT2D eigenvalue weighted by Crippen LogP contribution is 2.29. The monoisotopic (exact) mass is 408 g/mol. The lowest BCUT2D eigenvalue weighted by molar-refractivity contribution is 0.102. The summed E-state index contributed by atoms with van der Waals surface area (Å²) in [6, 6.07) is 17.8. The SMILES string of the molecule is COc1cccc2c(C)cc(-n3ncc(C#N)c3NC(=O)c3cccc(C#N)c3)nc12. The molecule has 0 unspecified atom stereocenters. The van der Waals surface area contributed by atoms with E-state index in [4.69, 9.17) is 10.00 Å². The van der Waals surface area contributed by atoms with E-state index in [-0.39, 0.29) is 11.4 Å². The maximum Gasteiger partial charge on any atom is 0.256 e. The first-order valence-corrected chi connectivity index (χ1v) is 9.30. The van der Waals surface area contributed by atoms with Gasteiger partial charge in [-0.15, -0.1) is 0 Å². The van der Waals surface area contributed by atoms with Crippen LogP contribution in [0.5, 0.6) is 5.75 Å². The second-order valence-corrected chi connectivity index (χ2v) is 6.73. The summed E-state index contributed by atoms with van der Waals surface area (Å²) in [7, 11) is 1.57. The van der Waals surface area contributed by atoms with Gasteiger partial charge in [0.2, 0.25) is 0 Å². The molecule has 1 N–H and O–H groups in total. The predicted octanol–water partition coefficient (Wildman–Crippen LogP) is 3.73. The molecule has 2 aromatic heterocycles. The number of aryl methyl sites for hydroxylation is 1. The number of anilines is 1. The molecular weight excluding hydrogens is 392 g/mol. The van der Waals surface area contributed by atoms with Crippen molar-refractivity contribution in [2.75, 3.05) is 12.4 Å². The number of pyridine rings is 1. The summed E-state index contributed by atoms with van der Waals surface area (Å²) in [5.74, 6) is 0.757. The zero-order chi connectivity index (χ0) is 22.0. The fourth-order valence-corrected chi connectivity index (χ4v) is 3.28. The van der Waals surface area contributed by atoms with Gasteiger partial charge in [-0.25, -0.2) is 4.98 Å². The molecule has 0 aliphatic heterocycles. The van der Waals surface area contributed by atoms with Gasteiger partial charge in [0.15, 0.2) is 11.6 Å². The molecule has 0 spiro atoms. The number of rotatable bonds is 4. The molecule has 0 radical (unpaired) electrons. The number of hydrogen-bond donors (Lipinski definition) is 1. The molecule has 2 heterocycles. The number of nitrogens with zero attached hydrogens (tertiary/aromatic N) is 5. The van der Waals surface area contributed by atoms with Crippen LogP contribution in [0.1, 0.15) is 27.0 Å². The van der Waals surface area contributed by atoms with Crippen LogP contribution < -0.4 is 10.1 Å². The smallest absolute Gasteiger partial charge is 0.256 e. The van der Waals surface area contributed by atoms with E-state index in [1.807, 2.05) is 43.3 Å². The number of hydrogen-bond acceptors (Lipinski definition) is 6. The zero-order valence-electron chi connectivity index (χ0n) is 16.7. The van der Waals surface area contributed by atoms with Gasteiger partial charge in [0, 0.05) is 10.9 Å². The fourth-order valence-electron chi connectivity index (χ4n) is 3.28. The number of methoxy groups -OCH3 is 1. The lowest BCUT2D eigenvalue weighted by Crippen LogP contribution is -2.16. The van der Waals surface area contributed by atoms with Crippen molar-refractivity contribution in [1.82, 2.24) is 14.8 Å². The highest BCUT2D eigenvalue weighted by atomic mass is 16.5. The summed E-state index contributed by atoms with van der Waals surface area (Å²) in [4.78, 5) is 17.5. The molecular formula is C23H16N6O2. The second kappa shape index (κ2) is 7.97. The number of carbonyl (C=O) groups excluding carboxylic acids is 1. The van der Waals surface area contributed by atoms with Crippen LogP contribution in [-0.2, 0) is 0 Å². The molecule has 4 aromatic rings. The number of aromatic nitrogens is 3. The van der Waals surface area contributed by atoms with E-state index in [1.165, 1.54) is 16.9 Å². The predicted molar refractivity (Wildman–Crippen MR) is 114 cm³/mol. The Hall–Kier alpha value is -4.69. The number of amides is 1. The van der Waals surface area contributed by atoms with Gasteiger partial charge in [0.05, 0.1) is 24.9 Å². The fraction of sp³-hybridized carbons (Fsp3) is 0.0870. The van der Waals surface area contributed by atoms with Crippen LogP contribution in [0.2, 0.25) is 0 Å². The maximum absolute atomic E-state index is 12.8. The van der Waals surface area contributed by atoms with E-state index >= 15 is 0 Å². The normalized spacial score (nSPS) is 10.3. The summed E-state index contributed by atoms with van der Waals surface area (Å²) < 4.78 is 6.84. The molecule has 8 heteroatoms. The highest BCUT2D eigenvalue weighted by Gasteiger charge is 2.18. The van der Waals surface area contributed by atoms with Crippen LogP contribution in [0.15, 0.2) is 54.7 Å². The maximum atomic E-state index is 12.8. The van der Waals surface area contributed by atoms with Crippen molar-refractivity contribution in [2.24, 2.45) is 0 Å². The summed E-state index contributed by atoms with van der Waals surface area (Å²) >= 11 is 0. The number of nitriles is 2. The lowest BCUT2D eigenvalue weighted by Gasteiger charge is -2.12. The van der Waals surface area contributed by atoms with Crippen LogP contribution >= 0.6 is 0 Å². The Bertz CT molecular complexity index is 1410. The number of para-hydroxylation sites is 1. The van der Waals surface area contributed by atoms with Crippen LogP contribution in [-0.4, -0.2) is 27.8 Å². The molecule has 0 bridgehead atoms. The van der Waals surface area contributed by atoms with E-state index in [1.54, 1.807) is 25.3 Å². The van der Waals surface area contributed by atoms with E-state index in [0.717, 1.165) is 10.9 Å². The summed E-state index contributed by atoms with van der Waals surface area (Å²) in [6.45, 7) is 1.94. The Balaban J connectivity index is 1.81. The average molecular weight is 408 g/mol. The first kappa shape index (κ1) is 19.6. The van der Waals surface area contributed by atoms with E-state index in [0.29, 0.717) is 28.2 Å². The first-order chi connectivity index (χ1) is 15.0. The number of carbonyl (C=O) groups is 1. The van der Waals surface area contributed by atoms with Crippen LogP contribution in [0.4, 0.5) is 5.82 Å². The molecule has 1 amide bonds. The van der Waals surface area contributed by atoms with Gasteiger partial charge in [-0.1, -0.05) is 18.2 Å². The van der Waals surface area contributed by atoms with Crippen molar-refractivity contribution in [3.8, 4) is 23.7 Å². The Morgan fingerprint density at radius 2 is 1.94 bits per heavy atom. The topological polar surface area (TPSA) is 117 Å². The van der Waals surface area contributed by atoms with Gasteiger partial charge < -0.3 is 10.1 Å². The Kier molecular flexibility index (Phi) is 5.05. The molecule has 0 fully saturated rings. The molecule has 0 aliphatic rings. The van der Waals surface area contributed by atoms with Gasteiger partial charge in [-0.3, -0.25) is 4.79 Å². The molecule has 150 valence electrons. The van der Waals surface area contributed by atoms with Crippen molar-refractivity contribution in [3.63, 3.8) is 0 Å². The Morgan fingerprint density at radius 1 is 1.13 bits per heavy atom. The van der Waals surface area contributed by atoms with Crippen LogP contribution in [0.25, 0.3) is 16.7 Å². The van der Waals surface area contributed by atoms with Crippen LogP contribution in [0, 0.1) is 29.6 Å². The molecule has 31 heavy (non-hydrogen) atoms. The molecule has 8 nitrogen and oxygen atoms in total. The van der Waals surface area contributed by atoms with E-state index in [2.05, 4.69) is 15.4 Å². The number of ether oxygens (including phenoxy) is 1. The van der Waals surface area contributed by atoms with Crippen molar-refractivity contribution in [3.05, 3.63) is 77.0 Å². The minimum absolute atomic E-state index is 0.185. The van der Waals surface area contributed by atoms with E-state index < -0.39 is 5.91 Å². The average Bonchev–Trinajstić information content (AvgIpc) is 3.21. The summed E-state index contributed by atoms with van der Waals surface area (Å²) in [5.41, 5.74) is 2.42. The van der Waals surface area contributed by atoms with Gasteiger partial charge in [0.25, 0.3) is 5.91 Å². The lowest BCUT2D eigenvalue weighted by atomic mass is 10.1. The zero-order valence-corrected chi connectivity index (χ0v) is 16.7. The number of nitrogens with one attached hydrogen (secondary N) is 1. The van der Waals surface area contributed by atoms with Gasteiger partial charge in [-0.2, -0.15) is 20.3 Å². The molecule has 0 saturated heterocycles. The van der Waals surface area contributed by atoms with Crippen molar-refractivity contribution in [1.29, 1.82) is 10.5 Å². The van der Waals surface area contributed by atoms with E-state index in [9.17, 15) is 10.1 Å². The number of fused-ring (bicyclic) bond motifs is 1. The quantitative estimate of drug-likeness (QED) is 0.550. The molecule has 4 rings (SSSR count). The van der Waals surface area contributed by atoms with Crippen molar-refractivity contribution < 1.29 is 9.53 Å². The summed E-state index contributed by atoms with van der Waals surface area (Å²) in [5, 5.41) is 26.5. The van der Waals surface area contributed by atoms with Gasteiger partial charge >= 0.3 is 0 Å². The second-order valence-electron chi connectivity index (χ2n) is 6.73.